The van der Waals surface area contributed by atoms with Crippen molar-refractivity contribution in [2.45, 2.75) is 58.2 Å². The molecule has 0 spiro atoms. The van der Waals surface area contributed by atoms with Gasteiger partial charge in [0, 0.05) is 30.1 Å². The van der Waals surface area contributed by atoms with Crippen LogP contribution in [-0.2, 0) is 11.3 Å². The van der Waals surface area contributed by atoms with Gasteiger partial charge in [-0.1, -0.05) is 13.3 Å². The van der Waals surface area contributed by atoms with Crippen LogP contribution in [0.1, 0.15) is 44.6 Å². The third-order valence-electron chi connectivity index (χ3n) is 4.27. The largest absolute Gasteiger partial charge is 0.493 e. The summed E-state index contributed by atoms with van der Waals surface area (Å²) in [6, 6.07) is 4.80. The molecule has 0 aliphatic heterocycles. The van der Waals surface area contributed by atoms with Crippen molar-refractivity contribution in [3.8, 4) is 11.5 Å². The lowest BCUT2D eigenvalue weighted by Crippen LogP contribution is -2.37. The number of hydrogen-bond acceptors (Lipinski definition) is 4. The van der Waals surface area contributed by atoms with Crippen LogP contribution in [0.2, 0.25) is 0 Å². The zero-order chi connectivity index (χ0) is 18.2. The number of nitrogens with one attached hydrogen (secondary N) is 1. The number of carbonyl (C=O) groups is 1. The van der Waals surface area contributed by atoms with Crippen molar-refractivity contribution in [2.24, 2.45) is 11.7 Å². The molecule has 1 aromatic rings. The molecule has 0 bridgehead atoms. The van der Waals surface area contributed by atoms with Gasteiger partial charge in [0.05, 0.1) is 6.61 Å². The van der Waals surface area contributed by atoms with Crippen molar-refractivity contribution in [3.05, 3.63) is 23.8 Å². The van der Waals surface area contributed by atoms with E-state index in [1.54, 1.807) is 12.1 Å². The van der Waals surface area contributed by atoms with E-state index in [0.29, 0.717) is 24.3 Å². The van der Waals surface area contributed by atoms with Crippen LogP contribution >= 0.6 is 0 Å². The van der Waals surface area contributed by atoms with Crippen molar-refractivity contribution in [1.82, 2.24) is 5.32 Å². The standard InChI is InChI=1S/C18H26F2N2O3/c1-2-8-24-15-7-6-13(16(10-15)25-18(19)20)11-22-17(23)12-4-3-5-14(21)9-12/h6-7,10,12,14,18H,2-5,8-9,11,21H2,1H3,(H,22,23). The highest BCUT2D eigenvalue weighted by atomic mass is 19.3. The Hall–Kier alpha value is -1.89. The second-order valence-corrected chi connectivity index (χ2v) is 6.34. The summed E-state index contributed by atoms with van der Waals surface area (Å²) in [7, 11) is 0. The first-order valence-corrected chi connectivity index (χ1v) is 8.73. The molecule has 0 saturated heterocycles. The Morgan fingerprint density at radius 1 is 1.40 bits per heavy atom. The topological polar surface area (TPSA) is 73.6 Å². The monoisotopic (exact) mass is 356 g/mol. The number of amides is 1. The van der Waals surface area contributed by atoms with E-state index in [4.69, 9.17) is 10.5 Å². The number of halogens is 2. The Bertz CT molecular complexity index is 569. The zero-order valence-corrected chi connectivity index (χ0v) is 14.5. The van der Waals surface area contributed by atoms with Gasteiger partial charge in [-0.15, -0.1) is 0 Å². The van der Waals surface area contributed by atoms with Crippen LogP contribution in [0.4, 0.5) is 8.78 Å². The molecule has 140 valence electrons. The fourth-order valence-electron chi connectivity index (χ4n) is 2.99. The van der Waals surface area contributed by atoms with Gasteiger partial charge < -0.3 is 20.5 Å². The van der Waals surface area contributed by atoms with Crippen molar-refractivity contribution in [1.29, 1.82) is 0 Å². The molecule has 1 aromatic carbocycles. The SMILES string of the molecule is CCCOc1ccc(CNC(=O)C2CCCC(N)C2)c(OC(F)F)c1. The van der Waals surface area contributed by atoms with Crippen molar-refractivity contribution < 1.29 is 23.0 Å². The maximum atomic E-state index is 12.7. The summed E-state index contributed by atoms with van der Waals surface area (Å²) in [6.45, 7) is -0.364. The highest BCUT2D eigenvalue weighted by Crippen LogP contribution is 2.27. The van der Waals surface area contributed by atoms with Crippen LogP contribution < -0.4 is 20.5 Å². The second-order valence-electron chi connectivity index (χ2n) is 6.34. The predicted octanol–water partition coefficient (Wildman–Crippen LogP) is 3.21. The number of hydrogen-bond donors (Lipinski definition) is 2. The predicted molar refractivity (Wildman–Crippen MR) is 90.6 cm³/mol. The Morgan fingerprint density at radius 3 is 2.88 bits per heavy atom. The molecule has 1 aliphatic carbocycles. The molecule has 2 atom stereocenters. The Morgan fingerprint density at radius 2 is 2.20 bits per heavy atom. The molecule has 7 heteroatoms. The molecular formula is C18H26F2N2O3. The first kappa shape index (κ1) is 19.4. The van der Waals surface area contributed by atoms with Crippen LogP contribution in [-0.4, -0.2) is 25.2 Å². The van der Waals surface area contributed by atoms with Crippen molar-refractivity contribution in [3.63, 3.8) is 0 Å². The first-order chi connectivity index (χ1) is 12.0. The van der Waals surface area contributed by atoms with Gasteiger partial charge in [0.15, 0.2) is 0 Å². The summed E-state index contributed by atoms with van der Waals surface area (Å²) in [6.07, 6.45) is 4.16. The van der Waals surface area contributed by atoms with E-state index in [1.807, 2.05) is 6.92 Å². The molecule has 1 amide bonds. The fourth-order valence-corrected chi connectivity index (χ4v) is 2.99. The van der Waals surface area contributed by atoms with E-state index in [2.05, 4.69) is 10.1 Å². The smallest absolute Gasteiger partial charge is 0.387 e. The lowest BCUT2D eigenvalue weighted by atomic mass is 9.85. The molecule has 5 nitrogen and oxygen atoms in total. The van der Waals surface area contributed by atoms with Gasteiger partial charge in [-0.2, -0.15) is 8.78 Å². The average molecular weight is 356 g/mol. The minimum atomic E-state index is -2.94. The van der Waals surface area contributed by atoms with Gasteiger partial charge in [0.1, 0.15) is 11.5 Å². The molecule has 2 rings (SSSR count). The molecule has 0 aromatic heterocycles. The Labute approximate surface area is 146 Å². The van der Waals surface area contributed by atoms with Gasteiger partial charge in [-0.05, 0) is 37.8 Å². The molecule has 0 radical (unpaired) electrons. The molecule has 0 heterocycles. The van der Waals surface area contributed by atoms with Gasteiger partial charge in [0.2, 0.25) is 5.91 Å². The summed E-state index contributed by atoms with van der Waals surface area (Å²) < 4.78 is 35.3. The number of benzene rings is 1. The van der Waals surface area contributed by atoms with Crippen LogP contribution in [0, 0.1) is 5.92 Å². The summed E-state index contributed by atoms with van der Waals surface area (Å²) >= 11 is 0. The fraction of sp³-hybridized carbons (Fsp3) is 0.611. The van der Waals surface area contributed by atoms with E-state index in [1.165, 1.54) is 6.07 Å². The maximum Gasteiger partial charge on any atom is 0.387 e. The van der Waals surface area contributed by atoms with E-state index in [-0.39, 0.29) is 30.2 Å². The zero-order valence-electron chi connectivity index (χ0n) is 14.5. The van der Waals surface area contributed by atoms with Crippen molar-refractivity contribution >= 4 is 5.91 Å². The molecule has 3 N–H and O–H groups in total. The lowest BCUT2D eigenvalue weighted by Gasteiger charge is -2.25. The summed E-state index contributed by atoms with van der Waals surface area (Å²) in [5, 5.41) is 2.81. The second kappa shape index (κ2) is 9.56. The average Bonchev–Trinajstić information content (AvgIpc) is 2.58. The highest BCUT2D eigenvalue weighted by molar-refractivity contribution is 5.78. The first-order valence-electron chi connectivity index (χ1n) is 8.73. The number of rotatable bonds is 8. The number of nitrogens with two attached hydrogens (primary N) is 1. The molecule has 1 saturated carbocycles. The van der Waals surface area contributed by atoms with Crippen LogP contribution in [0.3, 0.4) is 0 Å². The maximum absolute atomic E-state index is 12.7. The third kappa shape index (κ3) is 6.16. The van der Waals surface area contributed by atoms with Crippen LogP contribution in [0.25, 0.3) is 0 Å². The van der Waals surface area contributed by atoms with Crippen LogP contribution in [0.15, 0.2) is 18.2 Å². The Balaban J connectivity index is 2.00. The van der Waals surface area contributed by atoms with E-state index in [9.17, 15) is 13.6 Å². The van der Waals surface area contributed by atoms with Crippen molar-refractivity contribution in [2.75, 3.05) is 6.61 Å². The molecule has 1 fully saturated rings. The molecule has 25 heavy (non-hydrogen) atoms. The third-order valence-corrected chi connectivity index (χ3v) is 4.27. The van der Waals surface area contributed by atoms with Gasteiger partial charge >= 0.3 is 6.61 Å². The lowest BCUT2D eigenvalue weighted by molar-refractivity contribution is -0.126. The minimum absolute atomic E-state index is 0.0178. The number of ether oxygens (including phenoxy) is 2. The van der Waals surface area contributed by atoms with E-state index >= 15 is 0 Å². The molecule has 1 aliphatic rings. The summed E-state index contributed by atoms with van der Waals surface area (Å²) in [5.41, 5.74) is 6.39. The van der Waals surface area contributed by atoms with Gasteiger partial charge in [-0.3, -0.25) is 4.79 Å². The normalized spacial score (nSPS) is 20.4. The molecule has 2 unspecified atom stereocenters. The summed E-state index contributed by atoms with van der Waals surface area (Å²) in [5.74, 6) is 0.273. The number of alkyl halides is 2. The summed E-state index contributed by atoms with van der Waals surface area (Å²) in [4.78, 5) is 12.3. The molecular weight excluding hydrogens is 330 g/mol. The van der Waals surface area contributed by atoms with E-state index < -0.39 is 6.61 Å². The quantitative estimate of drug-likeness (QED) is 0.750. The van der Waals surface area contributed by atoms with Gasteiger partial charge in [0.25, 0.3) is 0 Å². The Kier molecular flexibility index (Phi) is 7.43. The van der Waals surface area contributed by atoms with Gasteiger partial charge in [-0.25, -0.2) is 0 Å². The highest BCUT2D eigenvalue weighted by Gasteiger charge is 2.25. The number of carbonyl (C=O) groups excluding carboxylic acids is 1. The van der Waals surface area contributed by atoms with E-state index in [0.717, 1.165) is 25.7 Å². The minimum Gasteiger partial charge on any atom is -0.493 e. The van der Waals surface area contributed by atoms with Crippen LogP contribution in [0.5, 0.6) is 11.5 Å².